The van der Waals surface area contributed by atoms with Crippen LogP contribution in [0.5, 0.6) is 0 Å². The molecule has 1 aromatic heterocycles. The molecule has 1 saturated heterocycles. The molecule has 0 bridgehead atoms. The number of aromatic amines is 1. The SMILES string of the molecule is CN(C)C(=O)[C@@H]1CC[C@H](CNC(=O)c2cccc3[nH]ccc23)O1. The van der Waals surface area contributed by atoms with Crippen LogP contribution in [0.15, 0.2) is 30.5 Å². The fourth-order valence-electron chi connectivity index (χ4n) is 2.91. The maximum atomic E-state index is 12.4. The Morgan fingerprint density at radius 3 is 2.91 bits per heavy atom. The summed E-state index contributed by atoms with van der Waals surface area (Å²) in [5.74, 6) is -0.142. The molecule has 1 aromatic carbocycles. The van der Waals surface area contributed by atoms with E-state index in [0.29, 0.717) is 18.5 Å². The van der Waals surface area contributed by atoms with Crippen molar-refractivity contribution in [2.45, 2.75) is 25.0 Å². The van der Waals surface area contributed by atoms with Gasteiger partial charge in [-0.1, -0.05) is 6.07 Å². The Balaban J connectivity index is 1.58. The fraction of sp³-hybridized carbons (Fsp3) is 0.412. The lowest BCUT2D eigenvalue weighted by Crippen LogP contribution is -2.36. The average Bonchev–Trinajstić information content (AvgIpc) is 3.20. The van der Waals surface area contributed by atoms with Crippen molar-refractivity contribution >= 4 is 22.7 Å². The number of fused-ring (bicyclic) bond motifs is 1. The molecule has 2 N–H and O–H groups in total. The molecular formula is C17H21N3O3. The first-order chi connectivity index (χ1) is 11.1. The number of benzene rings is 1. The first kappa shape index (κ1) is 15.6. The molecule has 3 rings (SSSR count). The van der Waals surface area contributed by atoms with Gasteiger partial charge in [0.25, 0.3) is 11.8 Å². The van der Waals surface area contributed by atoms with Crippen LogP contribution in [-0.4, -0.2) is 54.5 Å². The minimum Gasteiger partial charge on any atom is -0.363 e. The summed E-state index contributed by atoms with van der Waals surface area (Å²) in [5.41, 5.74) is 1.58. The predicted molar refractivity (Wildman–Crippen MR) is 87.2 cm³/mol. The first-order valence-electron chi connectivity index (χ1n) is 7.77. The van der Waals surface area contributed by atoms with Crippen molar-refractivity contribution in [3.05, 3.63) is 36.0 Å². The Bertz CT molecular complexity index is 723. The van der Waals surface area contributed by atoms with E-state index in [1.807, 2.05) is 24.4 Å². The van der Waals surface area contributed by atoms with E-state index in [1.54, 1.807) is 20.2 Å². The van der Waals surface area contributed by atoms with Crippen LogP contribution in [0.4, 0.5) is 0 Å². The van der Waals surface area contributed by atoms with E-state index in [4.69, 9.17) is 4.74 Å². The minimum absolute atomic E-state index is 0.0177. The lowest BCUT2D eigenvalue weighted by molar-refractivity contribution is -0.140. The number of H-pyrrole nitrogens is 1. The molecule has 0 unspecified atom stereocenters. The van der Waals surface area contributed by atoms with E-state index in [-0.39, 0.29) is 24.0 Å². The molecule has 1 aliphatic rings. The smallest absolute Gasteiger partial charge is 0.252 e. The number of carbonyl (C=O) groups excluding carboxylic acids is 2. The van der Waals surface area contributed by atoms with Gasteiger partial charge in [-0.3, -0.25) is 9.59 Å². The Kier molecular flexibility index (Phi) is 4.34. The summed E-state index contributed by atoms with van der Waals surface area (Å²) < 4.78 is 5.73. The third-order valence-electron chi connectivity index (χ3n) is 4.15. The van der Waals surface area contributed by atoms with E-state index in [9.17, 15) is 9.59 Å². The molecule has 23 heavy (non-hydrogen) atoms. The van der Waals surface area contributed by atoms with Gasteiger partial charge in [0.2, 0.25) is 0 Å². The second-order valence-corrected chi connectivity index (χ2v) is 6.01. The number of nitrogens with zero attached hydrogens (tertiary/aromatic N) is 1. The number of aromatic nitrogens is 1. The van der Waals surface area contributed by atoms with Gasteiger partial charge >= 0.3 is 0 Å². The van der Waals surface area contributed by atoms with Gasteiger partial charge in [0.1, 0.15) is 6.10 Å². The molecule has 1 fully saturated rings. The zero-order chi connectivity index (χ0) is 16.4. The van der Waals surface area contributed by atoms with Gasteiger partial charge in [0, 0.05) is 43.3 Å². The molecule has 6 nitrogen and oxygen atoms in total. The molecular weight excluding hydrogens is 294 g/mol. The lowest BCUT2D eigenvalue weighted by Gasteiger charge is -2.17. The van der Waals surface area contributed by atoms with E-state index in [2.05, 4.69) is 10.3 Å². The average molecular weight is 315 g/mol. The number of amides is 2. The molecule has 2 heterocycles. The molecule has 2 aromatic rings. The second kappa shape index (κ2) is 6.42. The Morgan fingerprint density at radius 2 is 2.13 bits per heavy atom. The molecule has 0 spiro atoms. The normalized spacial score (nSPS) is 20.6. The monoisotopic (exact) mass is 315 g/mol. The van der Waals surface area contributed by atoms with E-state index in [1.165, 1.54) is 4.90 Å². The van der Waals surface area contributed by atoms with Gasteiger partial charge < -0.3 is 19.9 Å². The van der Waals surface area contributed by atoms with E-state index >= 15 is 0 Å². The largest absolute Gasteiger partial charge is 0.363 e. The van der Waals surface area contributed by atoms with Crippen molar-refractivity contribution in [2.24, 2.45) is 0 Å². The number of hydrogen-bond donors (Lipinski definition) is 2. The van der Waals surface area contributed by atoms with Crippen molar-refractivity contribution in [2.75, 3.05) is 20.6 Å². The van der Waals surface area contributed by atoms with Crippen molar-refractivity contribution < 1.29 is 14.3 Å². The molecule has 0 radical (unpaired) electrons. The summed E-state index contributed by atoms with van der Waals surface area (Å²) in [6.45, 7) is 0.414. The second-order valence-electron chi connectivity index (χ2n) is 6.01. The number of likely N-dealkylation sites (N-methyl/N-ethyl adjacent to an activating group) is 1. The summed E-state index contributed by atoms with van der Waals surface area (Å²) in [5, 5.41) is 3.81. The van der Waals surface area contributed by atoms with Gasteiger partial charge in [0.05, 0.1) is 6.10 Å². The zero-order valence-electron chi connectivity index (χ0n) is 13.3. The molecule has 1 aliphatic heterocycles. The van der Waals surface area contributed by atoms with E-state index < -0.39 is 0 Å². The quantitative estimate of drug-likeness (QED) is 0.898. The maximum Gasteiger partial charge on any atom is 0.252 e. The van der Waals surface area contributed by atoms with Gasteiger partial charge in [0.15, 0.2) is 0 Å². The number of hydrogen-bond acceptors (Lipinski definition) is 3. The molecule has 0 saturated carbocycles. The molecule has 2 amide bonds. The van der Waals surface area contributed by atoms with Crippen LogP contribution in [0.3, 0.4) is 0 Å². The van der Waals surface area contributed by atoms with Gasteiger partial charge in [-0.25, -0.2) is 0 Å². The molecule has 0 aliphatic carbocycles. The van der Waals surface area contributed by atoms with Gasteiger partial charge in [-0.2, -0.15) is 0 Å². The summed E-state index contributed by atoms with van der Waals surface area (Å²) in [7, 11) is 3.44. The topological polar surface area (TPSA) is 74.4 Å². The minimum atomic E-state index is -0.389. The number of rotatable bonds is 4. The number of nitrogens with one attached hydrogen (secondary N) is 2. The van der Waals surface area contributed by atoms with Crippen LogP contribution >= 0.6 is 0 Å². The van der Waals surface area contributed by atoms with Crippen LogP contribution in [0.2, 0.25) is 0 Å². The van der Waals surface area contributed by atoms with Gasteiger partial charge in [-0.15, -0.1) is 0 Å². The molecule has 6 heteroatoms. The Morgan fingerprint density at radius 1 is 1.30 bits per heavy atom. The van der Waals surface area contributed by atoms with Crippen molar-refractivity contribution in [1.29, 1.82) is 0 Å². The van der Waals surface area contributed by atoms with E-state index in [0.717, 1.165) is 17.3 Å². The summed E-state index contributed by atoms with van der Waals surface area (Å²) in [4.78, 5) is 28.9. The first-order valence-corrected chi connectivity index (χ1v) is 7.77. The van der Waals surface area contributed by atoms with Crippen LogP contribution in [-0.2, 0) is 9.53 Å². The number of carbonyl (C=O) groups is 2. The van der Waals surface area contributed by atoms with Crippen LogP contribution in [0.1, 0.15) is 23.2 Å². The standard InChI is InChI=1S/C17H21N3O3/c1-20(2)17(22)15-7-6-11(23-15)10-19-16(21)13-4-3-5-14-12(13)8-9-18-14/h3-5,8-9,11,15,18H,6-7,10H2,1-2H3,(H,19,21)/t11-,15+/m1/s1. The van der Waals surface area contributed by atoms with Crippen LogP contribution in [0, 0.1) is 0 Å². The highest BCUT2D eigenvalue weighted by atomic mass is 16.5. The summed E-state index contributed by atoms with van der Waals surface area (Å²) in [6, 6.07) is 7.48. The maximum absolute atomic E-state index is 12.4. The molecule has 2 atom stereocenters. The number of ether oxygens (including phenoxy) is 1. The third kappa shape index (κ3) is 3.22. The summed E-state index contributed by atoms with van der Waals surface area (Å²) >= 11 is 0. The highest BCUT2D eigenvalue weighted by Gasteiger charge is 2.31. The Labute approximate surface area is 134 Å². The fourth-order valence-corrected chi connectivity index (χ4v) is 2.91. The third-order valence-corrected chi connectivity index (χ3v) is 4.15. The Hall–Kier alpha value is -2.34. The lowest BCUT2D eigenvalue weighted by atomic mass is 10.1. The zero-order valence-corrected chi connectivity index (χ0v) is 13.3. The predicted octanol–water partition coefficient (Wildman–Crippen LogP) is 1.53. The van der Waals surface area contributed by atoms with Crippen molar-refractivity contribution in [3.63, 3.8) is 0 Å². The summed E-state index contributed by atoms with van der Waals surface area (Å²) in [6.07, 6.45) is 2.79. The van der Waals surface area contributed by atoms with Crippen LogP contribution in [0.25, 0.3) is 10.9 Å². The highest BCUT2D eigenvalue weighted by Crippen LogP contribution is 2.21. The van der Waals surface area contributed by atoms with Crippen molar-refractivity contribution in [3.8, 4) is 0 Å². The van der Waals surface area contributed by atoms with Crippen molar-refractivity contribution in [1.82, 2.24) is 15.2 Å². The van der Waals surface area contributed by atoms with Crippen LogP contribution < -0.4 is 5.32 Å². The highest BCUT2D eigenvalue weighted by molar-refractivity contribution is 6.06. The van der Waals surface area contributed by atoms with Gasteiger partial charge in [-0.05, 0) is 31.0 Å². The molecule has 122 valence electrons.